The summed E-state index contributed by atoms with van der Waals surface area (Å²) in [4.78, 5) is 35.1. The van der Waals surface area contributed by atoms with Crippen LogP contribution < -0.4 is 4.74 Å². The Morgan fingerprint density at radius 2 is 1.85 bits per heavy atom. The molecule has 2 amide bonds. The quantitative estimate of drug-likeness (QED) is 0.555. The number of aliphatic hydroxyl groups is 1. The molecule has 39 heavy (non-hydrogen) atoms. The van der Waals surface area contributed by atoms with E-state index in [1.165, 1.54) is 5.56 Å². The number of piperidine rings is 1. The number of methoxy groups -OCH3 is 1. The maximum atomic E-state index is 14.0. The van der Waals surface area contributed by atoms with Crippen LogP contribution in [0, 0.1) is 5.92 Å². The molecule has 0 bridgehead atoms. The average Bonchev–Trinajstić information content (AvgIpc) is 3.30. The zero-order valence-corrected chi connectivity index (χ0v) is 22.6. The number of amides is 2. The van der Waals surface area contributed by atoms with Crippen molar-refractivity contribution in [3.05, 3.63) is 59.5 Å². The van der Waals surface area contributed by atoms with Gasteiger partial charge in [-0.3, -0.25) is 14.6 Å². The Labute approximate surface area is 228 Å². The van der Waals surface area contributed by atoms with Crippen LogP contribution in [0.2, 0.25) is 0 Å². The van der Waals surface area contributed by atoms with Crippen molar-refractivity contribution in [2.45, 2.75) is 37.1 Å². The van der Waals surface area contributed by atoms with Crippen molar-refractivity contribution in [1.29, 1.82) is 0 Å². The van der Waals surface area contributed by atoms with Crippen LogP contribution in [0.5, 0.6) is 5.75 Å². The van der Waals surface area contributed by atoms with Gasteiger partial charge in [-0.15, -0.1) is 0 Å². The monoisotopic (exact) mass is 532 g/mol. The molecule has 2 aromatic heterocycles. The molecule has 6 rings (SSSR count). The lowest BCUT2D eigenvalue weighted by Crippen LogP contribution is -2.57. The molecule has 9 heteroatoms. The Morgan fingerprint density at radius 1 is 1.13 bits per heavy atom. The largest absolute Gasteiger partial charge is 0.497 e. The minimum absolute atomic E-state index is 0.00862. The van der Waals surface area contributed by atoms with Gasteiger partial charge in [0.05, 0.1) is 25.3 Å². The van der Waals surface area contributed by atoms with E-state index >= 15 is 0 Å². The third-order valence-electron chi connectivity index (χ3n) is 9.11. The number of fused-ring (bicyclic) bond motifs is 4. The number of benzene rings is 1. The van der Waals surface area contributed by atoms with E-state index in [4.69, 9.17) is 9.47 Å². The summed E-state index contributed by atoms with van der Waals surface area (Å²) in [5, 5.41) is 11.8. The van der Waals surface area contributed by atoms with Gasteiger partial charge in [-0.25, -0.2) is 0 Å². The van der Waals surface area contributed by atoms with Gasteiger partial charge in [0.25, 0.3) is 5.91 Å². The molecule has 9 nitrogen and oxygen atoms in total. The van der Waals surface area contributed by atoms with E-state index < -0.39 is 6.04 Å². The number of hydrogen-bond donors (Lipinski definition) is 1. The van der Waals surface area contributed by atoms with Crippen LogP contribution >= 0.6 is 0 Å². The SMILES string of the molecule is COc1ccc2c3c(n(C)c2c1)[C@@H](CO)N(C(=O)C1CCOCC1)CC31CCN(C(=O)c2ccncc2)CC1. The zero-order chi connectivity index (χ0) is 27.1. The standard InChI is InChI=1S/C30H36N4O5/c1-32-24-17-22(38-2)3-4-23(24)26-27(32)25(18-35)34(29(37)21-7-15-39-16-8-21)19-30(26)9-13-33(14-10-30)28(36)20-5-11-31-12-6-20/h3-6,11-12,17,21,25,35H,7-10,13-16,18-19H2,1-2H3/t25-/m1/s1. The van der Waals surface area contributed by atoms with Crippen molar-refractivity contribution in [2.75, 3.05) is 46.6 Å². The van der Waals surface area contributed by atoms with Gasteiger partial charge in [0, 0.05) is 86.3 Å². The number of carbonyl (C=O) groups is 2. The van der Waals surface area contributed by atoms with E-state index in [0.717, 1.165) is 35.2 Å². The van der Waals surface area contributed by atoms with Crippen LogP contribution in [0.25, 0.3) is 10.9 Å². The molecule has 1 aromatic carbocycles. The van der Waals surface area contributed by atoms with Gasteiger partial charge in [0.15, 0.2) is 0 Å². The molecule has 1 N–H and O–H groups in total. The highest BCUT2D eigenvalue weighted by atomic mass is 16.5. The molecule has 0 aliphatic carbocycles. The highest BCUT2D eigenvalue weighted by molar-refractivity contribution is 5.94. The summed E-state index contributed by atoms with van der Waals surface area (Å²) in [7, 11) is 3.67. The van der Waals surface area contributed by atoms with Crippen molar-refractivity contribution in [2.24, 2.45) is 13.0 Å². The van der Waals surface area contributed by atoms with Gasteiger partial charge in [-0.05, 0) is 55.5 Å². The number of nitrogens with zero attached hydrogens (tertiary/aromatic N) is 4. The summed E-state index contributed by atoms with van der Waals surface area (Å²) < 4.78 is 13.2. The first-order chi connectivity index (χ1) is 19.0. The molecule has 2 saturated heterocycles. The minimum atomic E-state index is -0.430. The Hall–Kier alpha value is -3.43. The summed E-state index contributed by atoms with van der Waals surface area (Å²) in [6.07, 6.45) is 6.16. The molecule has 3 aromatic rings. The number of ether oxygens (including phenoxy) is 2. The fraction of sp³-hybridized carbons (Fsp3) is 0.500. The second-order valence-corrected chi connectivity index (χ2v) is 11.1. The summed E-state index contributed by atoms with van der Waals surface area (Å²) >= 11 is 0. The van der Waals surface area contributed by atoms with E-state index in [1.807, 2.05) is 29.0 Å². The number of carbonyl (C=O) groups excluding carboxylic acids is 2. The fourth-order valence-corrected chi connectivity index (χ4v) is 6.99. The summed E-state index contributed by atoms with van der Waals surface area (Å²) in [6, 6.07) is 9.19. The molecule has 3 aliphatic heterocycles. The van der Waals surface area contributed by atoms with E-state index in [2.05, 4.69) is 15.6 Å². The first-order valence-corrected chi connectivity index (χ1v) is 13.8. The number of aryl methyl sites for hydroxylation is 1. The molecule has 2 fully saturated rings. The number of pyridine rings is 1. The molecule has 5 heterocycles. The highest BCUT2D eigenvalue weighted by Crippen LogP contribution is 2.50. The molecule has 0 radical (unpaired) electrons. The van der Waals surface area contributed by atoms with E-state index in [-0.39, 0.29) is 29.8 Å². The predicted octanol–water partition coefficient (Wildman–Crippen LogP) is 3.06. The molecule has 0 unspecified atom stereocenters. The molecule has 206 valence electrons. The van der Waals surface area contributed by atoms with Crippen LogP contribution in [0.15, 0.2) is 42.7 Å². The maximum Gasteiger partial charge on any atom is 0.253 e. The normalized spacial score (nSPS) is 21.3. The van der Waals surface area contributed by atoms with Gasteiger partial charge < -0.3 is 28.9 Å². The molecule has 0 saturated carbocycles. The Morgan fingerprint density at radius 3 is 2.51 bits per heavy atom. The first-order valence-electron chi connectivity index (χ1n) is 13.8. The number of aromatic nitrogens is 2. The molecule has 1 atom stereocenters. The maximum absolute atomic E-state index is 14.0. The van der Waals surface area contributed by atoms with Gasteiger partial charge in [-0.2, -0.15) is 0 Å². The lowest BCUT2D eigenvalue weighted by Gasteiger charge is -2.51. The minimum Gasteiger partial charge on any atom is -0.497 e. The van der Waals surface area contributed by atoms with Crippen LogP contribution in [0.1, 0.15) is 53.3 Å². The summed E-state index contributed by atoms with van der Waals surface area (Å²) in [5.41, 5.74) is 3.52. The molecule has 3 aliphatic rings. The fourth-order valence-electron chi connectivity index (χ4n) is 6.99. The predicted molar refractivity (Wildman–Crippen MR) is 146 cm³/mol. The smallest absolute Gasteiger partial charge is 0.253 e. The summed E-state index contributed by atoms with van der Waals surface area (Å²) in [5.74, 6) is 0.771. The van der Waals surface area contributed by atoms with Crippen molar-refractivity contribution in [3.8, 4) is 5.75 Å². The Bertz CT molecular complexity index is 1370. The van der Waals surface area contributed by atoms with Gasteiger partial charge in [0.2, 0.25) is 5.91 Å². The Balaban J connectivity index is 1.42. The van der Waals surface area contributed by atoms with Crippen molar-refractivity contribution in [3.63, 3.8) is 0 Å². The van der Waals surface area contributed by atoms with Crippen molar-refractivity contribution in [1.82, 2.24) is 19.4 Å². The Kier molecular flexibility index (Phi) is 6.81. The van der Waals surface area contributed by atoms with E-state index in [0.29, 0.717) is 51.3 Å². The average molecular weight is 533 g/mol. The number of rotatable bonds is 4. The van der Waals surface area contributed by atoms with Crippen LogP contribution in [-0.2, 0) is 22.0 Å². The number of hydrogen-bond acceptors (Lipinski definition) is 6. The lowest BCUT2D eigenvalue weighted by atomic mass is 9.68. The number of aliphatic hydroxyl groups excluding tert-OH is 1. The van der Waals surface area contributed by atoms with E-state index in [1.54, 1.807) is 31.6 Å². The second-order valence-electron chi connectivity index (χ2n) is 11.1. The topological polar surface area (TPSA) is 97.1 Å². The van der Waals surface area contributed by atoms with Gasteiger partial charge in [0.1, 0.15) is 5.75 Å². The highest BCUT2D eigenvalue weighted by Gasteiger charge is 2.50. The van der Waals surface area contributed by atoms with Crippen molar-refractivity contribution < 1.29 is 24.2 Å². The van der Waals surface area contributed by atoms with Crippen LogP contribution in [-0.4, -0.2) is 82.8 Å². The lowest BCUT2D eigenvalue weighted by molar-refractivity contribution is -0.145. The van der Waals surface area contributed by atoms with E-state index in [9.17, 15) is 14.7 Å². The second kappa shape index (κ2) is 10.3. The van der Waals surface area contributed by atoms with Gasteiger partial charge >= 0.3 is 0 Å². The first kappa shape index (κ1) is 25.8. The third-order valence-corrected chi connectivity index (χ3v) is 9.11. The molecular formula is C30H36N4O5. The van der Waals surface area contributed by atoms with Crippen LogP contribution in [0.4, 0.5) is 0 Å². The van der Waals surface area contributed by atoms with Crippen LogP contribution in [0.3, 0.4) is 0 Å². The van der Waals surface area contributed by atoms with Crippen molar-refractivity contribution >= 4 is 22.7 Å². The molecular weight excluding hydrogens is 496 g/mol. The number of likely N-dealkylation sites (tertiary alicyclic amines) is 1. The third kappa shape index (κ3) is 4.28. The zero-order valence-electron chi connectivity index (χ0n) is 22.6. The van der Waals surface area contributed by atoms with Gasteiger partial charge in [-0.1, -0.05) is 0 Å². The molecule has 1 spiro atoms. The summed E-state index contributed by atoms with van der Waals surface area (Å²) in [6.45, 7) is 2.75.